The number of aliphatic hydroxyl groups excluding tert-OH is 1. The number of hydrogen-bond donors (Lipinski definition) is 2. The van der Waals surface area contributed by atoms with Gasteiger partial charge in [0.15, 0.2) is 0 Å². The number of carbonyl (C=O) groups excluding carboxylic acids is 1. The number of amides is 1. The van der Waals surface area contributed by atoms with Crippen molar-refractivity contribution in [2.45, 2.75) is 212 Å². The summed E-state index contributed by atoms with van der Waals surface area (Å²) in [5.41, 5.74) is 0. The van der Waals surface area contributed by atoms with E-state index in [1.165, 1.54) is 116 Å². The van der Waals surface area contributed by atoms with Gasteiger partial charge in [0.2, 0.25) is 5.91 Å². The number of aliphatic hydroxyl groups is 1. The number of nitrogens with zero attached hydrogens (tertiary/aromatic N) is 1. The van der Waals surface area contributed by atoms with E-state index in [2.05, 4.69) is 31.3 Å². The Balaban J connectivity index is 4.30. The zero-order valence-electron chi connectivity index (χ0n) is 34.3. The highest BCUT2D eigenvalue weighted by atomic mass is 31.2. The van der Waals surface area contributed by atoms with Crippen LogP contribution in [-0.2, 0) is 18.4 Å². The van der Waals surface area contributed by atoms with Gasteiger partial charge >= 0.3 is 0 Å². The van der Waals surface area contributed by atoms with E-state index in [0.29, 0.717) is 23.9 Å². The number of quaternary nitrogens is 1. The van der Waals surface area contributed by atoms with Crippen LogP contribution in [0.1, 0.15) is 200 Å². The molecule has 0 saturated heterocycles. The Kier molecular flexibility index (Phi) is 34.5. The van der Waals surface area contributed by atoms with Crippen molar-refractivity contribution < 1.29 is 32.9 Å². The maximum Gasteiger partial charge on any atom is 0.268 e. The van der Waals surface area contributed by atoms with Gasteiger partial charge in [0, 0.05) is 6.42 Å². The first-order valence-corrected chi connectivity index (χ1v) is 23.0. The molecular weight excluding hydrogens is 659 g/mol. The van der Waals surface area contributed by atoms with Crippen LogP contribution in [-0.4, -0.2) is 68.5 Å². The summed E-state index contributed by atoms with van der Waals surface area (Å²) in [4.78, 5) is 25.2. The molecule has 0 radical (unpaired) electrons. The van der Waals surface area contributed by atoms with Crippen LogP contribution < -0.4 is 10.2 Å². The molecule has 0 bridgehead atoms. The van der Waals surface area contributed by atoms with Crippen LogP contribution >= 0.6 is 7.82 Å². The molecule has 0 heterocycles. The summed E-state index contributed by atoms with van der Waals surface area (Å²) in [5.74, 6) is -0.176. The predicted molar refractivity (Wildman–Crippen MR) is 215 cm³/mol. The average molecular weight is 745 g/mol. The average Bonchev–Trinajstić information content (AvgIpc) is 3.07. The van der Waals surface area contributed by atoms with Crippen molar-refractivity contribution in [3.8, 4) is 0 Å². The largest absolute Gasteiger partial charge is 0.756 e. The van der Waals surface area contributed by atoms with E-state index in [-0.39, 0.29) is 19.1 Å². The number of allylic oxidation sites excluding steroid dienone is 2. The number of carbonyl (C=O) groups is 1. The molecule has 0 aliphatic carbocycles. The Morgan fingerprint density at radius 3 is 1.61 bits per heavy atom. The lowest BCUT2D eigenvalue weighted by Crippen LogP contribution is -2.46. The molecule has 0 fully saturated rings. The first-order chi connectivity index (χ1) is 24.5. The molecule has 8 nitrogen and oxygen atoms in total. The van der Waals surface area contributed by atoms with Gasteiger partial charge in [-0.25, -0.2) is 0 Å². The predicted octanol–water partition coefficient (Wildman–Crippen LogP) is 10.9. The number of likely N-dealkylation sites (N-methyl/N-ethyl adjacent to an activating group) is 1. The molecule has 0 saturated carbocycles. The first-order valence-electron chi connectivity index (χ1n) is 21.5. The summed E-state index contributed by atoms with van der Waals surface area (Å²) in [6.07, 6.45) is 37.9. The summed E-state index contributed by atoms with van der Waals surface area (Å²) >= 11 is 0. The van der Waals surface area contributed by atoms with Crippen molar-refractivity contribution >= 4 is 13.7 Å². The van der Waals surface area contributed by atoms with Crippen molar-refractivity contribution in [1.29, 1.82) is 0 Å². The fourth-order valence-corrected chi connectivity index (χ4v) is 7.00. The summed E-state index contributed by atoms with van der Waals surface area (Å²) in [6, 6.07) is -0.799. The van der Waals surface area contributed by atoms with E-state index in [0.717, 1.165) is 57.8 Å². The normalized spacial score (nSPS) is 14.6. The molecule has 51 heavy (non-hydrogen) atoms. The minimum Gasteiger partial charge on any atom is -0.756 e. The molecule has 0 aliphatic rings. The summed E-state index contributed by atoms with van der Waals surface area (Å²) < 4.78 is 23.2. The Labute approximate surface area is 316 Å². The minimum absolute atomic E-state index is 0.0121. The Bertz CT molecular complexity index is 850. The second-order valence-electron chi connectivity index (χ2n) is 16.1. The fourth-order valence-electron chi connectivity index (χ4n) is 6.28. The molecule has 3 unspecified atom stereocenters. The molecule has 304 valence electrons. The van der Waals surface area contributed by atoms with Crippen molar-refractivity contribution in [3.05, 3.63) is 12.2 Å². The van der Waals surface area contributed by atoms with E-state index in [4.69, 9.17) is 9.05 Å². The van der Waals surface area contributed by atoms with Crippen molar-refractivity contribution in [2.75, 3.05) is 40.9 Å². The highest BCUT2D eigenvalue weighted by Gasteiger charge is 2.24. The van der Waals surface area contributed by atoms with Gasteiger partial charge in [-0.15, -0.1) is 0 Å². The summed E-state index contributed by atoms with van der Waals surface area (Å²) in [7, 11) is 1.30. The zero-order chi connectivity index (χ0) is 37.9. The summed E-state index contributed by atoms with van der Waals surface area (Å²) in [6.45, 7) is 4.65. The Hall–Kier alpha value is -0.760. The van der Waals surface area contributed by atoms with Crippen LogP contribution in [0.25, 0.3) is 0 Å². The lowest BCUT2D eigenvalue weighted by atomic mass is 10.0. The quantitative estimate of drug-likeness (QED) is 0.0281. The van der Waals surface area contributed by atoms with Crippen LogP contribution in [0.5, 0.6) is 0 Å². The molecule has 1 amide bonds. The van der Waals surface area contributed by atoms with Crippen LogP contribution in [0.4, 0.5) is 0 Å². The van der Waals surface area contributed by atoms with Gasteiger partial charge in [0.1, 0.15) is 13.2 Å². The number of unbranched alkanes of at least 4 members (excludes halogenated alkanes) is 24. The SMILES string of the molecule is CCC/C=C\CCCCCCCC(=O)NC(COP(=O)([O-])OCC[N+](C)(C)C)C(O)CCCCCCCCCCCCCCCCCCCCC. The number of phosphoric ester groups is 1. The van der Waals surface area contributed by atoms with E-state index in [1.54, 1.807) is 0 Å². The topological polar surface area (TPSA) is 108 Å². The fraction of sp³-hybridized carbons (Fsp3) is 0.929. The maximum atomic E-state index is 12.8. The molecule has 0 spiro atoms. The van der Waals surface area contributed by atoms with Crippen LogP contribution in [0.2, 0.25) is 0 Å². The van der Waals surface area contributed by atoms with Gasteiger partial charge in [0.05, 0.1) is 39.9 Å². The van der Waals surface area contributed by atoms with Crippen molar-refractivity contribution in [2.24, 2.45) is 0 Å². The highest BCUT2D eigenvalue weighted by molar-refractivity contribution is 7.45. The molecule has 0 aromatic carbocycles. The number of phosphoric acid groups is 1. The molecule has 0 rings (SSSR count). The third-order valence-corrected chi connectivity index (χ3v) is 10.7. The molecular formula is C42H85N2O6P. The molecule has 0 aromatic heterocycles. The van der Waals surface area contributed by atoms with Gasteiger partial charge in [-0.05, 0) is 32.1 Å². The standard InChI is InChI=1S/C42H85N2O6P/c1-6-8-10-12-14-16-18-19-20-21-22-23-24-25-26-27-29-31-33-35-41(45)40(39-50-51(47,48)49-38-37-44(3,4)5)43-42(46)36-34-32-30-28-17-15-13-11-9-7-2/h11,13,40-41,45H,6-10,12,14-39H2,1-5H3,(H-,43,46,47,48)/b13-11-. The van der Waals surface area contributed by atoms with Crippen LogP contribution in [0.3, 0.4) is 0 Å². The Morgan fingerprint density at radius 2 is 1.12 bits per heavy atom. The first kappa shape index (κ1) is 50.2. The highest BCUT2D eigenvalue weighted by Crippen LogP contribution is 2.38. The van der Waals surface area contributed by atoms with Crippen LogP contribution in [0.15, 0.2) is 12.2 Å². The zero-order valence-corrected chi connectivity index (χ0v) is 35.2. The van der Waals surface area contributed by atoms with Crippen molar-refractivity contribution in [3.63, 3.8) is 0 Å². The lowest BCUT2D eigenvalue weighted by Gasteiger charge is -2.30. The number of nitrogens with one attached hydrogen (secondary N) is 1. The van der Waals surface area contributed by atoms with E-state index >= 15 is 0 Å². The second-order valence-corrected chi connectivity index (χ2v) is 17.5. The third-order valence-electron chi connectivity index (χ3n) is 9.73. The van der Waals surface area contributed by atoms with E-state index < -0.39 is 20.0 Å². The lowest BCUT2D eigenvalue weighted by molar-refractivity contribution is -0.870. The molecule has 9 heteroatoms. The molecule has 3 atom stereocenters. The van der Waals surface area contributed by atoms with E-state index in [9.17, 15) is 19.4 Å². The minimum atomic E-state index is -4.56. The summed E-state index contributed by atoms with van der Waals surface area (Å²) in [5, 5.41) is 13.9. The van der Waals surface area contributed by atoms with Crippen LogP contribution in [0, 0.1) is 0 Å². The van der Waals surface area contributed by atoms with Gasteiger partial charge in [0.25, 0.3) is 7.82 Å². The number of rotatable bonds is 39. The molecule has 2 N–H and O–H groups in total. The van der Waals surface area contributed by atoms with Gasteiger partial charge in [-0.1, -0.05) is 174 Å². The smallest absolute Gasteiger partial charge is 0.268 e. The molecule has 0 aliphatic heterocycles. The maximum absolute atomic E-state index is 12.8. The van der Waals surface area contributed by atoms with Gasteiger partial charge < -0.3 is 28.8 Å². The van der Waals surface area contributed by atoms with E-state index in [1.807, 2.05) is 21.1 Å². The monoisotopic (exact) mass is 745 g/mol. The Morgan fingerprint density at radius 1 is 0.667 bits per heavy atom. The van der Waals surface area contributed by atoms with Crippen molar-refractivity contribution in [1.82, 2.24) is 5.32 Å². The molecule has 0 aromatic rings. The second kappa shape index (κ2) is 35.0. The number of hydrogen-bond acceptors (Lipinski definition) is 6. The third kappa shape index (κ3) is 37.4. The van der Waals surface area contributed by atoms with Gasteiger partial charge in [-0.3, -0.25) is 9.36 Å². The van der Waals surface area contributed by atoms with Gasteiger partial charge in [-0.2, -0.15) is 0 Å².